The molecule has 0 bridgehead atoms. The van der Waals surface area contributed by atoms with E-state index in [1.54, 1.807) is 19.2 Å². The van der Waals surface area contributed by atoms with Crippen LogP contribution < -0.4 is 10.1 Å². The third kappa shape index (κ3) is 4.64. The van der Waals surface area contributed by atoms with Gasteiger partial charge < -0.3 is 10.1 Å². The molecule has 0 radical (unpaired) electrons. The number of rotatable bonds is 5. The molecular formula is C13H19BrN2O2. The molecule has 0 aliphatic carbocycles. The lowest BCUT2D eigenvalue weighted by Crippen LogP contribution is -2.21. The summed E-state index contributed by atoms with van der Waals surface area (Å²) in [7, 11) is 1.54. The zero-order chi connectivity index (χ0) is 13.7. The fraction of sp³-hybridized carbons (Fsp3) is 0.538. The quantitative estimate of drug-likeness (QED) is 0.847. The largest absolute Gasteiger partial charge is 0.481 e. The van der Waals surface area contributed by atoms with Crippen LogP contribution in [0.5, 0.6) is 5.88 Å². The van der Waals surface area contributed by atoms with Gasteiger partial charge in [-0.2, -0.15) is 0 Å². The van der Waals surface area contributed by atoms with E-state index in [1.807, 2.05) is 6.92 Å². The predicted octanol–water partition coefficient (Wildman–Crippen LogP) is 3.47. The summed E-state index contributed by atoms with van der Waals surface area (Å²) < 4.78 is 5.68. The number of amides is 1. The first-order chi connectivity index (χ1) is 8.42. The second-order valence-electron chi connectivity index (χ2n) is 4.74. The maximum Gasteiger partial charge on any atom is 0.227 e. The van der Waals surface area contributed by atoms with E-state index in [1.165, 1.54) is 0 Å². The summed E-state index contributed by atoms with van der Waals surface area (Å²) in [4.78, 5) is 16.1. The molecule has 4 nitrogen and oxygen atoms in total. The van der Waals surface area contributed by atoms with Crippen molar-refractivity contribution in [1.29, 1.82) is 0 Å². The number of hydrogen-bond donors (Lipinski definition) is 1. The number of nitrogens with one attached hydrogen (secondary N) is 1. The van der Waals surface area contributed by atoms with Gasteiger partial charge in [-0.15, -0.1) is 0 Å². The summed E-state index contributed by atoms with van der Waals surface area (Å²) in [5, 5.41) is 2.87. The number of hydrogen-bond acceptors (Lipinski definition) is 3. The summed E-state index contributed by atoms with van der Waals surface area (Å²) in [5.41, 5.74) is 0.689. The Morgan fingerprint density at radius 1 is 1.44 bits per heavy atom. The van der Waals surface area contributed by atoms with Crippen molar-refractivity contribution in [3.05, 3.63) is 16.7 Å². The minimum Gasteiger partial charge on any atom is -0.481 e. The molecule has 0 fully saturated rings. The first-order valence-corrected chi connectivity index (χ1v) is 6.74. The summed E-state index contributed by atoms with van der Waals surface area (Å²) >= 11 is 3.28. The highest BCUT2D eigenvalue weighted by Gasteiger charge is 2.15. The molecule has 1 atom stereocenters. The summed E-state index contributed by atoms with van der Waals surface area (Å²) in [6.45, 7) is 6.15. The van der Waals surface area contributed by atoms with Crippen LogP contribution in [0.15, 0.2) is 16.7 Å². The predicted molar refractivity (Wildman–Crippen MR) is 75.7 cm³/mol. The topological polar surface area (TPSA) is 51.2 Å². The Kier molecular flexibility index (Phi) is 5.59. The lowest BCUT2D eigenvalue weighted by Gasteiger charge is -2.14. The van der Waals surface area contributed by atoms with Crippen LogP contribution in [0.3, 0.4) is 0 Å². The molecule has 0 aromatic carbocycles. The van der Waals surface area contributed by atoms with Gasteiger partial charge >= 0.3 is 0 Å². The molecule has 5 heteroatoms. The first-order valence-electron chi connectivity index (χ1n) is 5.94. The molecule has 1 unspecified atom stereocenters. The Morgan fingerprint density at radius 2 is 2.11 bits per heavy atom. The van der Waals surface area contributed by atoms with Crippen LogP contribution in [-0.2, 0) is 4.79 Å². The molecule has 1 amide bonds. The van der Waals surface area contributed by atoms with Gasteiger partial charge in [0.25, 0.3) is 0 Å². The maximum absolute atomic E-state index is 12.0. The van der Waals surface area contributed by atoms with Gasteiger partial charge in [-0.1, -0.05) is 20.8 Å². The number of methoxy groups -OCH3 is 1. The van der Waals surface area contributed by atoms with Crippen molar-refractivity contribution in [3.63, 3.8) is 0 Å². The Balaban J connectivity index is 2.72. The van der Waals surface area contributed by atoms with Crippen LogP contribution in [0.4, 0.5) is 5.69 Å². The number of halogens is 1. The average molecular weight is 315 g/mol. The molecule has 0 aliphatic rings. The second kappa shape index (κ2) is 6.73. The molecule has 0 aliphatic heterocycles. The second-order valence-corrected chi connectivity index (χ2v) is 5.55. The highest BCUT2D eigenvalue weighted by Crippen LogP contribution is 2.21. The van der Waals surface area contributed by atoms with Gasteiger partial charge in [0.1, 0.15) is 4.60 Å². The van der Waals surface area contributed by atoms with Crippen molar-refractivity contribution >= 4 is 27.5 Å². The normalized spacial score (nSPS) is 12.3. The fourth-order valence-corrected chi connectivity index (χ4v) is 2.15. The number of nitrogens with zero attached hydrogens (tertiary/aromatic N) is 1. The van der Waals surface area contributed by atoms with Crippen LogP contribution in [0.2, 0.25) is 0 Å². The SMILES string of the molecule is COc1cc(NC(=O)C(C)CC(C)C)cc(Br)n1. The number of ether oxygens (including phenoxy) is 1. The zero-order valence-corrected chi connectivity index (χ0v) is 12.7. The molecule has 100 valence electrons. The summed E-state index contributed by atoms with van der Waals surface area (Å²) in [6.07, 6.45) is 0.870. The Morgan fingerprint density at radius 3 is 2.67 bits per heavy atom. The third-order valence-corrected chi connectivity index (χ3v) is 2.93. The number of anilines is 1. The molecule has 1 aromatic rings. The zero-order valence-electron chi connectivity index (χ0n) is 11.2. The van der Waals surface area contributed by atoms with E-state index >= 15 is 0 Å². The van der Waals surface area contributed by atoms with Gasteiger partial charge in [-0.25, -0.2) is 4.98 Å². The van der Waals surface area contributed by atoms with Crippen molar-refractivity contribution in [2.24, 2.45) is 11.8 Å². The van der Waals surface area contributed by atoms with Crippen molar-refractivity contribution in [2.75, 3.05) is 12.4 Å². The molecule has 1 aromatic heterocycles. The van der Waals surface area contributed by atoms with E-state index in [-0.39, 0.29) is 11.8 Å². The van der Waals surface area contributed by atoms with Gasteiger partial charge in [0, 0.05) is 17.7 Å². The molecule has 0 spiro atoms. The van der Waals surface area contributed by atoms with Gasteiger partial charge in [0.15, 0.2) is 0 Å². The van der Waals surface area contributed by atoms with E-state index in [9.17, 15) is 4.79 Å². The smallest absolute Gasteiger partial charge is 0.227 e. The third-order valence-electron chi connectivity index (χ3n) is 2.52. The maximum atomic E-state index is 12.0. The summed E-state index contributed by atoms with van der Waals surface area (Å²) in [6, 6.07) is 3.45. The lowest BCUT2D eigenvalue weighted by atomic mass is 9.98. The molecule has 0 saturated carbocycles. The minimum atomic E-state index is -0.0112. The Hall–Kier alpha value is -1.10. The average Bonchev–Trinajstić information content (AvgIpc) is 2.27. The van der Waals surface area contributed by atoms with Crippen LogP contribution in [-0.4, -0.2) is 18.0 Å². The van der Waals surface area contributed by atoms with Crippen LogP contribution in [0, 0.1) is 11.8 Å². The van der Waals surface area contributed by atoms with Crippen LogP contribution in [0.1, 0.15) is 27.2 Å². The Labute approximate surface area is 116 Å². The van der Waals surface area contributed by atoms with Crippen molar-refractivity contribution in [2.45, 2.75) is 27.2 Å². The van der Waals surface area contributed by atoms with E-state index in [4.69, 9.17) is 4.74 Å². The van der Waals surface area contributed by atoms with Crippen molar-refractivity contribution in [3.8, 4) is 5.88 Å². The van der Waals surface area contributed by atoms with Gasteiger partial charge in [0.05, 0.1) is 7.11 Å². The van der Waals surface area contributed by atoms with Crippen LogP contribution in [0.25, 0.3) is 0 Å². The Bertz CT molecular complexity index is 421. The fourth-order valence-electron chi connectivity index (χ4n) is 1.73. The number of carbonyl (C=O) groups excluding carboxylic acids is 1. The highest BCUT2D eigenvalue weighted by molar-refractivity contribution is 9.10. The summed E-state index contributed by atoms with van der Waals surface area (Å²) in [5.74, 6) is 0.979. The van der Waals surface area contributed by atoms with Crippen molar-refractivity contribution < 1.29 is 9.53 Å². The molecule has 1 heterocycles. The van der Waals surface area contributed by atoms with Crippen LogP contribution >= 0.6 is 15.9 Å². The molecule has 18 heavy (non-hydrogen) atoms. The van der Waals surface area contributed by atoms with Gasteiger partial charge in [-0.3, -0.25) is 4.79 Å². The first kappa shape index (κ1) is 15.0. The molecule has 1 N–H and O–H groups in total. The number of carbonyl (C=O) groups is 1. The molecule has 0 saturated heterocycles. The lowest BCUT2D eigenvalue weighted by molar-refractivity contribution is -0.119. The minimum absolute atomic E-state index is 0.0112. The van der Waals surface area contributed by atoms with E-state index in [0.29, 0.717) is 22.1 Å². The van der Waals surface area contributed by atoms with Crippen molar-refractivity contribution in [1.82, 2.24) is 4.98 Å². The number of pyridine rings is 1. The molecular weight excluding hydrogens is 296 g/mol. The van der Waals surface area contributed by atoms with E-state index in [0.717, 1.165) is 6.42 Å². The monoisotopic (exact) mass is 314 g/mol. The van der Waals surface area contributed by atoms with Gasteiger partial charge in [-0.05, 0) is 34.3 Å². The van der Waals surface area contributed by atoms with E-state index < -0.39 is 0 Å². The molecule has 1 rings (SSSR count). The highest BCUT2D eigenvalue weighted by atomic mass is 79.9. The number of aromatic nitrogens is 1. The van der Waals surface area contributed by atoms with Gasteiger partial charge in [0.2, 0.25) is 11.8 Å². The standard InChI is InChI=1S/C13H19BrN2O2/c1-8(2)5-9(3)13(17)15-10-6-11(14)16-12(7-10)18-4/h6-9H,5H2,1-4H3,(H,15,16,17). The van der Waals surface area contributed by atoms with E-state index in [2.05, 4.69) is 40.1 Å².